The molecule has 21 heavy (non-hydrogen) atoms. The second-order valence-electron chi connectivity index (χ2n) is 4.78. The molecule has 3 N–H and O–H groups in total. The fourth-order valence-corrected chi connectivity index (χ4v) is 2.96. The van der Waals surface area contributed by atoms with Gasteiger partial charge in [-0.1, -0.05) is 12.1 Å². The first-order valence-electron chi connectivity index (χ1n) is 6.68. The third-order valence-electron chi connectivity index (χ3n) is 2.98. The summed E-state index contributed by atoms with van der Waals surface area (Å²) in [4.78, 5) is 23.4. The van der Waals surface area contributed by atoms with E-state index in [4.69, 9.17) is 4.74 Å². The summed E-state index contributed by atoms with van der Waals surface area (Å²) in [7, 11) is 1.56. The van der Waals surface area contributed by atoms with E-state index in [-0.39, 0.29) is 29.1 Å². The maximum Gasteiger partial charge on any atom is 0.234 e. The van der Waals surface area contributed by atoms with Crippen LogP contribution < -0.4 is 20.7 Å². The number of carbonyl (C=O) groups is 2. The molecule has 114 valence electrons. The Morgan fingerprint density at radius 2 is 2.24 bits per heavy atom. The Morgan fingerprint density at radius 3 is 2.95 bits per heavy atom. The molecule has 1 aromatic carbocycles. The molecule has 1 aromatic rings. The predicted molar refractivity (Wildman–Crippen MR) is 83.2 cm³/mol. The number of benzene rings is 1. The van der Waals surface area contributed by atoms with Crippen LogP contribution in [0.1, 0.15) is 13.3 Å². The Labute approximate surface area is 128 Å². The van der Waals surface area contributed by atoms with Crippen LogP contribution in [0.3, 0.4) is 0 Å². The highest BCUT2D eigenvalue weighted by atomic mass is 32.2. The highest BCUT2D eigenvalue weighted by molar-refractivity contribution is 8.00. The zero-order valence-electron chi connectivity index (χ0n) is 12.0. The van der Waals surface area contributed by atoms with Gasteiger partial charge in [0.1, 0.15) is 11.2 Å². The third kappa shape index (κ3) is 4.64. The average Bonchev–Trinajstić information content (AvgIpc) is 2.45. The summed E-state index contributed by atoms with van der Waals surface area (Å²) in [6, 6.07) is 7.35. The van der Waals surface area contributed by atoms with Crippen molar-refractivity contribution in [2.45, 2.75) is 24.9 Å². The molecule has 2 atom stereocenters. The number of para-hydroxylation sites is 2. The monoisotopic (exact) mass is 309 g/mol. The lowest BCUT2D eigenvalue weighted by atomic mass is 10.2. The molecule has 0 aromatic heterocycles. The van der Waals surface area contributed by atoms with E-state index < -0.39 is 0 Å². The number of ether oxygens (including phenoxy) is 1. The quantitative estimate of drug-likeness (QED) is 0.760. The molecule has 0 aliphatic carbocycles. The lowest BCUT2D eigenvalue weighted by molar-refractivity contribution is -0.123. The molecule has 0 radical (unpaired) electrons. The number of rotatable bonds is 5. The molecule has 6 nitrogen and oxygen atoms in total. The van der Waals surface area contributed by atoms with Gasteiger partial charge in [-0.25, -0.2) is 0 Å². The predicted octanol–water partition coefficient (Wildman–Crippen LogP) is 1.15. The van der Waals surface area contributed by atoms with Gasteiger partial charge in [0.15, 0.2) is 0 Å². The molecule has 0 saturated carbocycles. The fourth-order valence-electron chi connectivity index (χ4n) is 2.03. The van der Waals surface area contributed by atoms with Crippen molar-refractivity contribution >= 4 is 29.3 Å². The highest BCUT2D eigenvalue weighted by Crippen LogP contribution is 2.23. The molecule has 0 bridgehead atoms. The Morgan fingerprint density at radius 1 is 1.48 bits per heavy atom. The van der Waals surface area contributed by atoms with E-state index in [0.717, 1.165) is 0 Å². The van der Waals surface area contributed by atoms with Crippen LogP contribution in [-0.2, 0) is 9.59 Å². The average molecular weight is 309 g/mol. The third-order valence-corrected chi connectivity index (χ3v) is 4.00. The van der Waals surface area contributed by atoms with Crippen LogP contribution in [0, 0.1) is 0 Å². The number of amides is 2. The largest absolute Gasteiger partial charge is 0.495 e. The van der Waals surface area contributed by atoms with Gasteiger partial charge in [0.05, 0.1) is 18.6 Å². The maximum atomic E-state index is 12.0. The van der Waals surface area contributed by atoms with Crippen LogP contribution in [0.4, 0.5) is 5.69 Å². The normalized spacial score (nSPS) is 21.5. The van der Waals surface area contributed by atoms with E-state index in [2.05, 4.69) is 16.0 Å². The SMILES string of the molecule is COc1ccccc1NC(=O)CSC1NC(=O)CC(C)N1. The van der Waals surface area contributed by atoms with Crippen molar-refractivity contribution < 1.29 is 14.3 Å². The first-order chi connectivity index (χ1) is 10.1. The van der Waals surface area contributed by atoms with E-state index in [1.165, 1.54) is 11.8 Å². The van der Waals surface area contributed by atoms with Crippen molar-refractivity contribution in [2.75, 3.05) is 18.2 Å². The summed E-state index contributed by atoms with van der Waals surface area (Å²) in [6.07, 6.45) is 0.463. The summed E-state index contributed by atoms with van der Waals surface area (Å²) < 4.78 is 5.18. The second kappa shape index (κ2) is 7.33. The van der Waals surface area contributed by atoms with Crippen LogP contribution in [0.5, 0.6) is 5.75 Å². The van der Waals surface area contributed by atoms with Crippen LogP contribution >= 0.6 is 11.8 Å². The van der Waals surface area contributed by atoms with Gasteiger partial charge >= 0.3 is 0 Å². The molecule has 2 amide bonds. The summed E-state index contributed by atoms with van der Waals surface area (Å²) in [5.41, 5.74) is 0.407. The maximum absolute atomic E-state index is 12.0. The molecular formula is C14H19N3O3S. The van der Waals surface area contributed by atoms with E-state index in [1.807, 2.05) is 19.1 Å². The van der Waals surface area contributed by atoms with E-state index >= 15 is 0 Å². The van der Waals surface area contributed by atoms with Gasteiger partial charge in [0, 0.05) is 12.5 Å². The minimum absolute atomic E-state index is 0.00360. The Kier molecular flexibility index (Phi) is 5.46. The molecule has 1 heterocycles. The number of hydrogen-bond donors (Lipinski definition) is 3. The first kappa shape index (κ1) is 15.7. The van der Waals surface area contributed by atoms with Crippen molar-refractivity contribution in [3.05, 3.63) is 24.3 Å². The summed E-state index contributed by atoms with van der Waals surface area (Å²) >= 11 is 1.35. The summed E-state index contributed by atoms with van der Waals surface area (Å²) in [6.45, 7) is 1.95. The Hall–Kier alpha value is -1.73. The molecule has 1 aliphatic heterocycles. The Balaban J connectivity index is 1.83. The van der Waals surface area contributed by atoms with Crippen LogP contribution in [0.25, 0.3) is 0 Å². The lowest BCUT2D eigenvalue weighted by Gasteiger charge is -2.28. The topological polar surface area (TPSA) is 79.5 Å². The number of thioether (sulfide) groups is 1. The number of methoxy groups -OCH3 is 1. The van der Waals surface area contributed by atoms with Gasteiger partial charge in [-0.05, 0) is 19.1 Å². The standard InChI is InChI=1S/C14H19N3O3S/c1-9-7-12(18)17-14(15-9)21-8-13(19)16-10-5-3-4-6-11(10)20-2/h3-6,9,14-15H,7-8H2,1-2H3,(H,16,19)(H,17,18). The minimum Gasteiger partial charge on any atom is -0.495 e. The lowest BCUT2D eigenvalue weighted by Crippen LogP contribution is -2.53. The van der Waals surface area contributed by atoms with Crippen molar-refractivity contribution in [1.29, 1.82) is 0 Å². The van der Waals surface area contributed by atoms with Crippen LogP contribution in [-0.4, -0.2) is 36.2 Å². The molecule has 0 spiro atoms. The van der Waals surface area contributed by atoms with Gasteiger partial charge < -0.3 is 15.4 Å². The van der Waals surface area contributed by atoms with Crippen LogP contribution in [0.15, 0.2) is 24.3 Å². The number of carbonyl (C=O) groups excluding carboxylic acids is 2. The molecule has 1 fully saturated rings. The number of hydrogen-bond acceptors (Lipinski definition) is 5. The van der Waals surface area contributed by atoms with Crippen molar-refractivity contribution in [3.63, 3.8) is 0 Å². The molecule has 2 rings (SSSR count). The van der Waals surface area contributed by atoms with Crippen molar-refractivity contribution in [2.24, 2.45) is 0 Å². The van der Waals surface area contributed by atoms with Gasteiger partial charge in [0.25, 0.3) is 0 Å². The minimum atomic E-state index is -0.232. The Bertz CT molecular complexity index is 524. The molecule has 1 saturated heterocycles. The van der Waals surface area contributed by atoms with E-state index in [0.29, 0.717) is 17.9 Å². The van der Waals surface area contributed by atoms with Crippen molar-refractivity contribution in [1.82, 2.24) is 10.6 Å². The summed E-state index contributed by atoms with van der Waals surface area (Å²) in [5, 5.41) is 8.81. The van der Waals surface area contributed by atoms with Crippen molar-refractivity contribution in [3.8, 4) is 5.75 Å². The molecule has 1 aliphatic rings. The van der Waals surface area contributed by atoms with Gasteiger partial charge in [-0.3, -0.25) is 14.9 Å². The smallest absolute Gasteiger partial charge is 0.234 e. The first-order valence-corrected chi connectivity index (χ1v) is 7.73. The zero-order valence-corrected chi connectivity index (χ0v) is 12.8. The van der Waals surface area contributed by atoms with Crippen LogP contribution in [0.2, 0.25) is 0 Å². The van der Waals surface area contributed by atoms with Gasteiger partial charge in [0.2, 0.25) is 11.8 Å². The second-order valence-corrected chi connectivity index (χ2v) is 5.87. The highest BCUT2D eigenvalue weighted by Gasteiger charge is 2.23. The zero-order chi connectivity index (χ0) is 15.2. The number of anilines is 1. The van der Waals surface area contributed by atoms with Gasteiger partial charge in [-0.15, -0.1) is 11.8 Å². The molecule has 2 unspecified atom stereocenters. The summed E-state index contributed by atoms with van der Waals surface area (Å²) in [5.74, 6) is 0.721. The van der Waals surface area contributed by atoms with E-state index in [9.17, 15) is 9.59 Å². The molecule has 7 heteroatoms. The van der Waals surface area contributed by atoms with Gasteiger partial charge in [-0.2, -0.15) is 0 Å². The molecular weight excluding hydrogens is 290 g/mol. The number of nitrogens with one attached hydrogen (secondary N) is 3. The fraction of sp³-hybridized carbons (Fsp3) is 0.429. The van der Waals surface area contributed by atoms with E-state index in [1.54, 1.807) is 19.2 Å².